The fourth-order valence-corrected chi connectivity index (χ4v) is 6.07. The minimum absolute atomic E-state index is 0.147. The van der Waals surface area contributed by atoms with Crippen LogP contribution >= 0.6 is 0 Å². The van der Waals surface area contributed by atoms with Crippen LogP contribution in [0.3, 0.4) is 0 Å². The number of hydrogen-bond acceptors (Lipinski definition) is 6. The van der Waals surface area contributed by atoms with E-state index in [2.05, 4.69) is 20.3 Å². The molecule has 0 aromatic carbocycles. The number of aryl methyl sites for hydroxylation is 1. The Bertz CT molecular complexity index is 948. The van der Waals surface area contributed by atoms with Crippen LogP contribution in [0.4, 0.5) is 0 Å². The SMILES string of the molecule is Cc1cccc(C(=O)NC23CC4CC(C2)CC(OC(=O)c2cnccn2)(C4)C3)n1. The van der Waals surface area contributed by atoms with Crippen molar-refractivity contribution in [2.45, 2.75) is 56.6 Å². The lowest BCUT2D eigenvalue weighted by Crippen LogP contribution is -2.66. The largest absolute Gasteiger partial charge is 0.454 e. The first-order valence-electron chi connectivity index (χ1n) is 10.2. The zero-order valence-corrected chi connectivity index (χ0v) is 16.4. The van der Waals surface area contributed by atoms with Crippen molar-refractivity contribution in [3.8, 4) is 0 Å². The van der Waals surface area contributed by atoms with Crippen LogP contribution in [0.2, 0.25) is 0 Å². The molecule has 150 valence electrons. The van der Waals surface area contributed by atoms with Crippen molar-refractivity contribution >= 4 is 11.9 Å². The molecular weight excluding hydrogens is 368 g/mol. The molecule has 4 aliphatic rings. The number of pyridine rings is 1. The molecule has 0 radical (unpaired) electrons. The molecule has 7 heteroatoms. The Morgan fingerprint density at radius 1 is 1.10 bits per heavy atom. The predicted octanol–water partition coefficient (Wildman–Crippen LogP) is 2.86. The summed E-state index contributed by atoms with van der Waals surface area (Å²) in [5.41, 5.74) is 0.607. The number of amides is 1. The predicted molar refractivity (Wildman–Crippen MR) is 104 cm³/mol. The van der Waals surface area contributed by atoms with Crippen LogP contribution in [0, 0.1) is 18.8 Å². The topological polar surface area (TPSA) is 94.1 Å². The quantitative estimate of drug-likeness (QED) is 0.804. The van der Waals surface area contributed by atoms with Crippen molar-refractivity contribution in [1.29, 1.82) is 0 Å². The lowest BCUT2D eigenvalue weighted by Gasteiger charge is -2.61. The van der Waals surface area contributed by atoms with E-state index in [9.17, 15) is 9.59 Å². The molecule has 7 nitrogen and oxygen atoms in total. The first kappa shape index (κ1) is 18.2. The van der Waals surface area contributed by atoms with E-state index >= 15 is 0 Å². The number of rotatable bonds is 4. The highest BCUT2D eigenvalue weighted by Gasteiger charge is 2.60. The number of nitrogens with zero attached hydrogens (tertiary/aromatic N) is 3. The molecule has 4 aliphatic carbocycles. The van der Waals surface area contributed by atoms with Gasteiger partial charge in [0.15, 0.2) is 5.69 Å². The van der Waals surface area contributed by atoms with Gasteiger partial charge in [0.2, 0.25) is 0 Å². The number of carbonyl (C=O) groups excluding carboxylic acids is 2. The number of aromatic nitrogens is 3. The van der Waals surface area contributed by atoms with E-state index in [-0.39, 0.29) is 17.1 Å². The molecular formula is C22H24N4O3. The molecule has 2 aromatic rings. The third kappa shape index (κ3) is 3.39. The Kier molecular flexibility index (Phi) is 4.15. The van der Waals surface area contributed by atoms with E-state index < -0.39 is 11.6 Å². The highest BCUT2D eigenvalue weighted by Crippen LogP contribution is 2.59. The smallest absolute Gasteiger partial charge is 0.359 e. The van der Waals surface area contributed by atoms with Gasteiger partial charge < -0.3 is 10.1 Å². The molecule has 4 saturated carbocycles. The lowest BCUT2D eigenvalue weighted by molar-refractivity contribution is -0.144. The van der Waals surface area contributed by atoms with Crippen LogP contribution < -0.4 is 5.32 Å². The maximum atomic E-state index is 12.9. The van der Waals surface area contributed by atoms with E-state index in [1.165, 1.54) is 18.6 Å². The molecule has 4 bridgehead atoms. The summed E-state index contributed by atoms with van der Waals surface area (Å²) in [7, 11) is 0. The number of carbonyl (C=O) groups is 2. The van der Waals surface area contributed by atoms with Gasteiger partial charge in [-0.05, 0) is 63.0 Å². The van der Waals surface area contributed by atoms with Gasteiger partial charge in [-0.15, -0.1) is 0 Å². The average Bonchev–Trinajstić information content (AvgIpc) is 2.67. The molecule has 0 spiro atoms. The summed E-state index contributed by atoms with van der Waals surface area (Å²) < 4.78 is 6.06. The van der Waals surface area contributed by atoms with Gasteiger partial charge in [-0.25, -0.2) is 14.8 Å². The van der Waals surface area contributed by atoms with Crippen molar-refractivity contribution < 1.29 is 14.3 Å². The summed E-state index contributed by atoms with van der Waals surface area (Å²) in [5.74, 6) is 0.335. The van der Waals surface area contributed by atoms with E-state index in [1.807, 2.05) is 19.1 Å². The average molecular weight is 392 g/mol. The normalized spacial score (nSPS) is 32.0. The van der Waals surface area contributed by atoms with Crippen LogP contribution in [0.1, 0.15) is 65.2 Å². The van der Waals surface area contributed by atoms with Crippen molar-refractivity contribution in [3.63, 3.8) is 0 Å². The summed E-state index contributed by atoms with van der Waals surface area (Å²) in [6, 6.07) is 5.47. The Labute approximate surface area is 169 Å². The Morgan fingerprint density at radius 2 is 1.90 bits per heavy atom. The summed E-state index contributed by atoms with van der Waals surface area (Å²) in [6.45, 7) is 1.88. The van der Waals surface area contributed by atoms with E-state index in [1.54, 1.807) is 6.07 Å². The van der Waals surface area contributed by atoms with Gasteiger partial charge in [0.1, 0.15) is 11.3 Å². The Balaban J connectivity index is 1.38. The minimum atomic E-state index is -0.536. The minimum Gasteiger partial charge on any atom is -0.454 e. The molecule has 6 rings (SSSR count). The first-order chi connectivity index (χ1) is 13.9. The van der Waals surface area contributed by atoms with Crippen LogP contribution in [0.5, 0.6) is 0 Å². The number of nitrogens with one attached hydrogen (secondary N) is 1. The molecule has 2 aromatic heterocycles. The standard InChI is InChI=1S/C22H24N4O3/c1-14-3-2-4-17(25-14)19(27)26-21-8-15-7-16(9-21)11-22(10-15,13-21)29-20(28)18-12-23-5-6-24-18/h2-6,12,15-16H,7-11,13H2,1H3,(H,26,27). The van der Waals surface area contributed by atoms with E-state index in [0.717, 1.165) is 37.8 Å². The molecule has 2 heterocycles. The maximum Gasteiger partial charge on any atom is 0.359 e. The fraction of sp³-hybridized carbons (Fsp3) is 0.500. The van der Waals surface area contributed by atoms with Crippen LogP contribution in [-0.4, -0.2) is 38.0 Å². The molecule has 4 fully saturated rings. The van der Waals surface area contributed by atoms with E-state index in [0.29, 0.717) is 24.0 Å². The van der Waals surface area contributed by atoms with Crippen molar-refractivity contribution in [3.05, 3.63) is 53.9 Å². The second-order valence-electron chi connectivity index (χ2n) is 9.02. The highest BCUT2D eigenvalue weighted by molar-refractivity contribution is 5.93. The summed E-state index contributed by atoms with van der Waals surface area (Å²) in [6.07, 6.45) is 9.84. The summed E-state index contributed by atoms with van der Waals surface area (Å²) in [4.78, 5) is 38.0. The number of esters is 1. The molecule has 2 atom stereocenters. The van der Waals surface area contributed by atoms with Crippen molar-refractivity contribution in [2.75, 3.05) is 0 Å². The zero-order valence-electron chi connectivity index (χ0n) is 16.4. The molecule has 29 heavy (non-hydrogen) atoms. The van der Waals surface area contributed by atoms with Gasteiger partial charge >= 0.3 is 5.97 Å². The third-order valence-corrected chi connectivity index (χ3v) is 6.59. The Morgan fingerprint density at radius 3 is 2.59 bits per heavy atom. The molecule has 1 N–H and O–H groups in total. The van der Waals surface area contributed by atoms with Gasteiger partial charge in [-0.3, -0.25) is 9.78 Å². The monoisotopic (exact) mass is 392 g/mol. The third-order valence-electron chi connectivity index (χ3n) is 6.59. The maximum absolute atomic E-state index is 12.9. The second-order valence-corrected chi connectivity index (χ2v) is 9.02. The molecule has 2 unspecified atom stereocenters. The highest BCUT2D eigenvalue weighted by atomic mass is 16.6. The Hall–Kier alpha value is -2.83. The molecule has 1 amide bonds. The van der Waals surface area contributed by atoms with Crippen molar-refractivity contribution in [2.24, 2.45) is 11.8 Å². The molecule has 0 saturated heterocycles. The summed E-state index contributed by atoms with van der Waals surface area (Å²) >= 11 is 0. The number of ether oxygens (including phenoxy) is 1. The van der Waals surface area contributed by atoms with Crippen LogP contribution in [-0.2, 0) is 4.74 Å². The summed E-state index contributed by atoms with van der Waals surface area (Å²) in [5, 5.41) is 3.29. The molecule has 0 aliphatic heterocycles. The zero-order chi connectivity index (χ0) is 20.1. The van der Waals surface area contributed by atoms with Crippen LogP contribution in [0.15, 0.2) is 36.8 Å². The van der Waals surface area contributed by atoms with Gasteiger partial charge in [-0.1, -0.05) is 6.07 Å². The van der Waals surface area contributed by atoms with Gasteiger partial charge in [0, 0.05) is 30.0 Å². The van der Waals surface area contributed by atoms with Gasteiger partial charge in [-0.2, -0.15) is 0 Å². The lowest BCUT2D eigenvalue weighted by atomic mass is 9.51. The van der Waals surface area contributed by atoms with Crippen LogP contribution in [0.25, 0.3) is 0 Å². The first-order valence-corrected chi connectivity index (χ1v) is 10.2. The second kappa shape index (κ2) is 6.61. The van der Waals surface area contributed by atoms with Gasteiger partial charge in [0.25, 0.3) is 5.91 Å². The van der Waals surface area contributed by atoms with Gasteiger partial charge in [0.05, 0.1) is 6.20 Å². The fourth-order valence-electron chi connectivity index (χ4n) is 6.07. The number of hydrogen-bond donors (Lipinski definition) is 1. The van der Waals surface area contributed by atoms with Crippen molar-refractivity contribution in [1.82, 2.24) is 20.3 Å². The van der Waals surface area contributed by atoms with E-state index in [4.69, 9.17) is 4.74 Å².